The largest absolute Gasteiger partial charge is 0.481 e. The predicted octanol–water partition coefficient (Wildman–Crippen LogP) is 3.92. The molecule has 0 bridgehead atoms. The van der Waals surface area contributed by atoms with Crippen LogP contribution in [0.3, 0.4) is 0 Å². The SMILES string of the molecule is CC(C)(C)[Si](C)(C)O[C@@H](CC(=O)O)CC(=O)/C=C/c1cccnc1. The molecule has 1 heterocycles. The van der Waals surface area contributed by atoms with Gasteiger partial charge in [0, 0.05) is 18.8 Å². The van der Waals surface area contributed by atoms with Gasteiger partial charge in [-0.25, -0.2) is 0 Å². The normalized spacial score (nSPS) is 13.9. The number of pyridine rings is 1. The Balaban J connectivity index is 2.77. The molecule has 132 valence electrons. The molecule has 0 saturated carbocycles. The summed E-state index contributed by atoms with van der Waals surface area (Å²) in [4.78, 5) is 27.3. The summed E-state index contributed by atoms with van der Waals surface area (Å²) in [5.74, 6) is -1.11. The third-order valence-electron chi connectivity index (χ3n) is 4.24. The number of hydrogen-bond donors (Lipinski definition) is 1. The highest BCUT2D eigenvalue weighted by Gasteiger charge is 2.39. The summed E-state index contributed by atoms with van der Waals surface area (Å²) in [6.45, 7) is 10.4. The van der Waals surface area contributed by atoms with E-state index >= 15 is 0 Å². The minimum atomic E-state index is -2.14. The molecule has 5 nitrogen and oxygen atoms in total. The summed E-state index contributed by atoms with van der Waals surface area (Å²) >= 11 is 0. The molecule has 0 fully saturated rings. The van der Waals surface area contributed by atoms with Crippen LogP contribution in [0.1, 0.15) is 39.2 Å². The quantitative estimate of drug-likeness (QED) is 0.568. The second-order valence-electron chi connectivity index (χ2n) is 7.39. The van der Waals surface area contributed by atoms with Gasteiger partial charge in [-0.05, 0) is 41.9 Å². The molecule has 1 rings (SSSR count). The second kappa shape index (κ2) is 8.35. The van der Waals surface area contributed by atoms with Crippen molar-refractivity contribution >= 4 is 26.1 Å². The Labute approximate surface area is 144 Å². The first kappa shape index (κ1) is 20.3. The molecular weight excluding hydrogens is 322 g/mol. The summed E-state index contributed by atoms with van der Waals surface area (Å²) in [7, 11) is -2.14. The molecule has 0 aliphatic carbocycles. The Bertz CT molecular complexity index is 591. The van der Waals surface area contributed by atoms with E-state index in [0.29, 0.717) is 0 Å². The fraction of sp³-hybridized carbons (Fsp3) is 0.500. The number of hydrogen-bond acceptors (Lipinski definition) is 4. The monoisotopic (exact) mass is 349 g/mol. The van der Waals surface area contributed by atoms with Crippen molar-refractivity contribution < 1.29 is 19.1 Å². The zero-order valence-corrected chi connectivity index (χ0v) is 16.1. The maximum atomic E-state index is 12.2. The van der Waals surface area contributed by atoms with E-state index in [4.69, 9.17) is 9.53 Å². The first-order valence-corrected chi connectivity index (χ1v) is 10.9. The van der Waals surface area contributed by atoms with E-state index in [1.807, 2.05) is 6.07 Å². The van der Waals surface area contributed by atoms with E-state index in [9.17, 15) is 9.59 Å². The van der Waals surface area contributed by atoms with Crippen LogP contribution in [-0.4, -0.2) is 36.3 Å². The molecule has 0 amide bonds. The van der Waals surface area contributed by atoms with E-state index in [2.05, 4.69) is 38.8 Å². The fourth-order valence-corrected chi connectivity index (χ4v) is 3.25. The molecule has 0 radical (unpaired) electrons. The lowest BCUT2D eigenvalue weighted by Gasteiger charge is -2.38. The van der Waals surface area contributed by atoms with Gasteiger partial charge in [0.05, 0.1) is 12.5 Å². The first-order valence-electron chi connectivity index (χ1n) is 8.02. The highest BCUT2D eigenvalue weighted by Crippen LogP contribution is 2.38. The van der Waals surface area contributed by atoms with Crippen molar-refractivity contribution in [3.8, 4) is 0 Å². The van der Waals surface area contributed by atoms with Crippen LogP contribution in [-0.2, 0) is 14.0 Å². The third-order valence-corrected chi connectivity index (χ3v) is 8.78. The van der Waals surface area contributed by atoms with Crippen LogP contribution in [0.2, 0.25) is 18.1 Å². The molecule has 1 aromatic rings. The molecule has 0 aromatic carbocycles. The number of rotatable bonds is 8. The molecule has 1 atom stereocenters. The summed E-state index contributed by atoms with van der Waals surface area (Å²) in [6, 6.07) is 3.63. The number of carboxylic acids is 1. The van der Waals surface area contributed by atoms with Gasteiger partial charge in [0.1, 0.15) is 0 Å². The average molecular weight is 350 g/mol. The minimum absolute atomic E-state index is 0.0433. The summed E-state index contributed by atoms with van der Waals surface area (Å²) in [5, 5.41) is 9.06. The van der Waals surface area contributed by atoms with Crippen LogP contribution >= 0.6 is 0 Å². The van der Waals surface area contributed by atoms with Gasteiger partial charge in [-0.2, -0.15) is 0 Å². The van der Waals surface area contributed by atoms with Crippen molar-refractivity contribution in [3.63, 3.8) is 0 Å². The summed E-state index contributed by atoms with van der Waals surface area (Å²) in [6.07, 6.45) is 5.75. The number of carbonyl (C=O) groups is 2. The zero-order valence-electron chi connectivity index (χ0n) is 15.1. The van der Waals surface area contributed by atoms with Gasteiger partial charge < -0.3 is 9.53 Å². The lowest BCUT2D eigenvalue weighted by molar-refractivity contribution is -0.139. The van der Waals surface area contributed by atoms with Gasteiger partial charge in [-0.1, -0.05) is 26.8 Å². The standard InChI is InChI=1S/C18H27NO4Si/c1-18(2,3)24(4,5)23-16(12-17(21)22)11-15(20)9-8-14-7-6-10-19-13-14/h6-10,13,16H,11-12H2,1-5H3,(H,21,22)/b9-8+/t16-/m1/s1. The van der Waals surface area contributed by atoms with E-state index in [1.165, 1.54) is 6.08 Å². The Hall–Kier alpha value is -1.79. The number of ketones is 1. The van der Waals surface area contributed by atoms with Crippen LogP contribution in [0, 0.1) is 0 Å². The van der Waals surface area contributed by atoms with Crippen molar-refractivity contribution in [1.82, 2.24) is 4.98 Å². The number of aromatic nitrogens is 1. The lowest BCUT2D eigenvalue weighted by Crippen LogP contribution is -2.44. The zero-order chi connectivity index (χ0) is 18.4. The maximum Gasteiger partial charge on any atom is 0.305 e. The Morgan fingerprint density at radius 2 is 2.00 bits per heavy atom. The van der Waals surface area contributed by atoms with Crippen molar-refractivity contribution in [3.05, 3.63) is 36.2 Å². The third kappa shape index (κ3) is 6.76. The molecule has 0 aliphatic rings. The number of allylic oxidation sites excluding steroid dienone is 1. The van der Waals surface area contributed by atoms with Gasteiger partial charge in [-0.3, -0.25) is 14.6 Å². The van der Waals surface area contributed by atoms with Crippen LogP contribution < -0.4 is 0 Å². The van der Waals surface area contributed by atoms with Crippen LogP contribution in [0.5, 0.6) is 0 Å². The molecule has 1 N–H and O–H groups in total. The van der Waals surface area contributed by atoms with Crippen LogP contribution in [0.15, 0.2) is 30.6 Å². The lowest BCUT2D eigenvalue weighted by atomic mass is 10.1. The predicted molar refractivity (Wildman–Crippen MR) is 97.2 cm³/mol. The molecule has 1 aromatic heterocycles. The van der Waals surface area contributed by atoms with E-state index in [1.54, 1.807) is 24.5 Å². The molecular formula is C18H27NO4Si. The van der Waals surface area contributed by atoms with Crippen LogP contribution in [0.4, 0.5) is 0 Å². The van der Waals surface area contributed by atoms with Crippen molar-refractivity contribution in [2.75, 3.05) is 0 Å². The second-order valence-corrected chi connectivity index (χ2v) is 12.1. The summed E-state index contributed by atoms with van der Waals surface area (Å²) in [5.41, 5.74) is 0.825. The molecule has 6 heteroatoms. The minimum Gasteiger partial charge on any atom is -0.481 e. The number of carbonyl (C=O) groups excluding carboxylic acids is 1. The highest BCUT2D eigenvalue weighted by molar-refractivity contribution is 6.74. The maximum absolute atomic E-state index is 12.2. The molecule has 0 spiro atoms. The summed E-state index contributed by atoms with van der Waals surface area (Å²) < 4.78 is 6.13. The fourth-order valence-electron chi connectivity index (χ4n) is 1.90. The Morgan fingerprint density at radius 3 is 2.50 bits per heavy atom. The van der Waals surface area contributed by atoms with Gasteiger partial charge in [0.15, 0.2) is 14.1 Å². The molecule has 0 saturated heterocycles. The van der Waals surface area contributed by atoms with Gasteiger partial charge in [0.2, 0.25) is 0 Å². The van der Waals surface area contributed by atoms with Gasteiger partial charge in [0.25, 0.3) is 0 Å². The Kier molecular flexibility index (Phi) is 7.04. The first-order chi connectivity index (χ1) is 11.0. The number of carboxylic acid groups (broad SMARTS) is 1. The number of nitrogens with zero attached hydrogens (tertiary/aromatic N) is 1. The van der Waals surface area contributed by atoms with Crippen molar-refractivity contribution in [2.45, 2.75) is 57.8 Å². The van der Waals surface area contributed by atoms with Gasteiger partial charge >= 0.3 is 5.97 Å². The highest BCUT2D eigenvalue weighted by atomic mass is 28.4. The van der Waals surface area contributed by atoms with E-state index < -0.39 is 20.4 Å². The number of aliphatic carboxylic acids is 1. The molecule has 24 heavy (non-hydrogen) atoms. The van der Waals surface area contributed by atoms with Crippen LogP contribution in [0.25, 0.3) is 6.08 Å². The van der Waals surface area contributed by atoms with Crippen molar-refractivity contribution in [1.29, 1.82) is 0 Å². The average Bonchev–Trinajstić information content (AvgIpc) is 2.43. The smallest absolute Gasteiger partial charge is 0.305 e. The molecule has 0 unspecified atom stereocenters. The van der Waals surface area contributed by atoms with Crippen molar-refractivity contribution in [2.24, 2.45) is 0 Å². The Morgan fingerprint density at radius 1 is 1.33 bits per heavy atom. The molecule has 0 aliphatic heterocycles. The van der Waals surface area contributed by atoms with E-state index in [-0.39, 0.29) is 23.7 Å². The topological polar surface area (TPSA) is 76.5 Å². The van der Waals surface area contributed by atoms with E-state index in [0.717, 1.165) is 5.56 Å². The van der Waals surface area contributed by atoms with Gasteiger partial charge in [-0.15, -0.1) is 0 Å².